The Morgan fingerprint density at radius 2 is 2.11 bits per heavy atom. The second-order valence-electron chi connectivity index (χ2n) is 4.41. The largest absolute Gasteiger partial charge is 0.394 e. The molecular formula is C12H18N6O. The van der Waals surface area contributed by atoms with Crippen molar-refractivity contribution in [3.05, 3.63) is 23.1 Å². The molecule has 102 valence electrons. The lowest BCUT2D eigenvalue weighted by Crippen LogP contribution is -2.19. The second kappa shape index (κ2) is 4.75. The van der Waals surface area contributed by atoms with Gasteiger partial charge in [-0.3, -0.25) is 14.2 Å². The first-order valence-electron chi connectivity index (χ1n) is 6.09. The van der Waals surface area contributed by atoms with Gasteiger partial charge in [-0.1, -0.05) is 0 Å². The number of nitrogens with two attached hydrogens (primary N) is 1. The lowest BCUT2D eigenvalue weighted by molar-refractivity contribution is 0.101. The summed E-state index contributed by atoms with van der Waals surface area (Å²) in [7, 11) is 1.74. The van der Waals surface area contributed by atoms with E-state index in [1.54, 1.807) is 29.4 Å². The SMILES string of the molecule is CCn1nc(C)cc1C(=O)Nc1c(N)c(C)nn1C. The quantitative estimate of drug-likeness (QED) is 0.866. The summed E-state index contributed by atoms with van der Waals surface area (Å²) in [6.07, 6.45) is 0. The van der Waals surface area contributed by atoms with Gasteiger partial charge in [-0.15, -0.1) is 0 Å². The van der Waals surface area contributed by atoms with E-state index in [2.05, 4.69) is 15.5 Å². The highest BCUT2D eigenvalue weighted by Gasteiger charge is 2.17. The number of carbonyl (C=O) groups excluding carboxylic acids is 1. The van der Waals surface area contributed by atoms with Crippen molar-refractivity contribution in [2.75, 3.05) is 11.1 Å². The summed E-state index contributed by atoms with van der Waals surface area (Å²) in [5, 5.41) is 11.2. The molecule has 3 N–H and O–H groups in total. The summed E-state index contributed by atoms with van der Waals surface area (Å²) in [5.41, 5.74) is 8.38. The van der Waals surface area contributed by atoms with E-state index in [0.717, 1.165) is 5.69 Å². The maximum absolute atomic E-state index is 12.3. The van der Waals surface area contributed by atoms with E-state index in [1.807, 2.05) is 13.8 Å². The molecule has 0 unspecified atom stereocenters. The van der Waals surface area contributed by atoms with Gasteiger partial charge < -0.3 is 11.1 Å². The molecule has 19 heavy (non-hydrogen) atoms. The third kappa shape index (κ3) is 2.31. The van der Waals surface area contributed by atoms with Crippen LogP contribution in [0, 0.1) is 13.8 Å². The predicted octanol–water partition coefficient (Wildman–Crippen LogP) is 1.09. The molecule has 1 amide bonds. The second-order valence-corrected chi connectivity index (χ2v) is 4.41. The maximum Gasteiger partial charge on any atom is 0.275 e. The highest BCUT2D eigenvalue weighted by molar-refractivity contribution is 6.04. The Kier molecular flexibility index (Phi) is 3.28. The van der Waals surface area contributed by atoms with Crippen LogP contribution < -0.4 is 11.1 Å². The molecule has 2 aromatic heterocycles. The fraction of sp³-hybridized carbons (Fsp3) is 0.417. The number of nitrogens with zero attached hydrogens (tertiary/aromatic N) is 4. The molecule has 0 aliphatic carbocycles. The maximum atomic E-state index is 12.3. The minimum absolute atomic E-state index is 0.239. The van der Waals surface area contributed by atoms with E-state index in [4.69, 9.17) is 5.73 Å². The van der Waals surface area contributed by atoms with Crippen LogP contribution in [0.25, 0.3) is 0 Å². The highest BCUT2D eigenvalue weighted by atomic mass is 16.2. The summed E-state index contributed by atoms with van der Waals surface area (Å²) < 4.78 is 3.21. The molecule has 7 heteroatoms. The van der Waals surface area contributed by atoms with Gasteiger partial charge >= 0.3 is 0 Å². The molecule has 0 fully saturated rings. The van der Waals surface area contributed by atoms with Crippen molar-refractivity contribution in [2.45, 2.75) is 27.3 Å². The van der Waals surface area contributed by atoms with Crippen LogP contribution in [0.3, 0.4) is 0 Å². The normalized spacial score (nSPS) is 10.7. The third-order valence-corrected chi connectivity index (χ3v) is 2.93. The fourth-order valence-corrected chi connectivity index (χ4v) is 1.96. The molecule has 0 aromatic carbocycles. The number of hydrogen-bond acceptors (Lipinski definition) is 4. The Labute approximate surface area is 111 Å². The summed E-state index contributed by atoms with van der Waals surface area (Å²) in [6, 6.07) is 1.75. The predicted molar refractivity (Wildman–Crippen MR) is 72.9 cm³/mol. The molecule has 0 radical (unpaired) electrons. The first-order valence-corrected chi connectivity index (χ1v) is 6.09. The number of nitrogen functional groups attached to an aromatic ring is 1. The Morgan fingerprint density at radius 3 is 2.63 bits per heavy atom. The van der Waals surface area contributed by atoms with Gasteiger partial charge in [-0.05, 0) is 26.8 Å². The Balaban J connectivity index is 2.30. The minimum Gasteiger partial charge on any atom is -0.394 e. The molecule has 2 rings (SSSR count). The van der Waals surface area contributed by atoms with E-state index in [-0.39, 0.29) is 5.91 Å². The minimum atomic E-state index is -0.239. The van der Waals surface area contributed by atoms with Crippen LogP contribution in [-0.2, 0) is 13.6 Å². The monoisotopic (exact) mass is 262 g/mol. The zero-order valence-corrected chi connectivity index (χ0v) is 11.6. The fourth-order valence-electron chi connectivity index (χ4n) is 1.96. The zero-order valence-electron chi connectivity index (χ0n) is 11.6. The van der Waals surface area contributed by atoms with Crippen molar-refractivity contribution < 1.29 is 4.79 Å². The Hall–Kier alpha value is -2.31. The lowest BCUT2D eigenvalue weighted by atomic mass is 10.3. The van der Waals surface area contributed by atoms with Gasteiger partial charge in [0.2, 0.25) is 0 Å². The topological polar surface area (TPSA) is 90.8 Å². The van der Waals surface area contributed by atoms with Crippen molar-refractivity contribution in [3.8, 4) is 0 Å². The van der Waals surface area contributed by atoms with Crippen LogP contribution in [0.15, 0.2) is 6.07 Å². The van der Waals surface area contributed by atoms with Crippen LogP contribution in [0.4, 0.5) is 11.5 Å². The lowest BCUT2D eigenvalue weighted by Gasteiger charge is -2.07. The number of amides is 1. The van der Waals surface area contributed by atoms with Crippen LogP contribution in [0.2, 0.25) is 0 Å². The standard InChI is InChI=1S/C12H18N6O/c1-5-18-9(6-7(2)15-18)12(19)14-11-10(13)8(3)16-17(11)4/h6H,5,13H2,1-4H3,(H,14,19). The molecule has 7 nitrogen and oxygen atoms in total. The number of nitrogens with one attached hydrogen (secondary N) is 1. The van der Waals surface area contributed by atoms with Crippen LogP contribution >= 0.6 is 0 Å². The molecule has 0 aliphatic rings. The smallest absolute Gasteiger partial charge is 0.275 e. The molecule has 0 saturated carbocycles. The van der Waals surface area contributed by atoms with Gasteiger partial charge in [0.1, 0.15) is 5.69 Å². The summed E-state index contributed by atoms with van der Waals surface area (Å²) in [6.45, 7) is 6.22. The number of hydrogen-bond donors (Lipinski definition) is 2. The number of aromatic nitrogens is 4. The van der Waals surface area contributed by atoms with E-state index in [1.165, 1.54) is 0 Å². The molecule has 0 saturated heterocycles. The van der Waals surface area contributed by atoms with Gasteiger partial charge in [0.25, 0.3) is 5.91 Å². The third-order valence-electron chi connectivity index (χ3n) is 2.93. The molecule has 0 spiro atoms. The van der Waals surface area contributed by atoms with Gasteiger partial charge in [0.05, 0.1) is 17.1 Å². The van der Waals surface area contributed by atoms with Crippen molar-refractivity contribution in [2.24, 2.45) is 7.05 Å². The molecule has 0 bridgehead atoms. The summed E-state index contributed by atoms with van der Waals surface area (Å²) in [4.78, 5) is 12.3. The Morgan fingerprint density at radius 1 is 1.42 bits per heavy atom. The van der Waals surface area contributed by atoms with Crippen LogP contribution in [0.1, 0.15) is 28.8 Å². The van der Waals surface area contributed by atoms with Gasteiger partial charge in [-0.25, -0.2) is 0 Å². The first kappa shape index (κ1) is 13.1. The van der Waals surface area contributed by atoms with Gasteiger partial charge in [-0.2, -0.15) is 10.2 Å². The van der Waals surface area contributed by atoms with Gasteiger partial charge in [0, 0.05) is 13.6 Å². The van der Waals surface area contributed by atoms with Gasteiger partial charge in [0.15, 0.2) is 5.82 Å². The number of aryl methyl sites for hydroxylation is 4. The van der Waals surface area contributed by atoms with E-state index < -0.39 is 0 Å². The first-order chi connectivity index (χ1) is 8.93. The van der Waals surface area contributed by atoms with E-state index >= 15 is 0 Å². The number of anilines is 2. The average molecular weight is 262 g/mol. The highest BCUT2D eigenvalue weighted by Crippen LogP contribution is 2.21. The molecule has 0 atom stereocenters. The average Bonchev–Trinajstić information content (AvgIpc) is 2.85. The van der Waals surface area contributed by atoms with E-state index in [9.17, 15) is 4.79 Å². The summed E-state index contributed by atoms with van der Waals surface area (Å²) >= 11 is 0. The van der Waals surface area contributed by atoms with Crippen molar-refractivity contribution in [1.82, 2.24) is 19.6 Å². The van der Waals surface area contributed by atoms with Crippen molar-refractivity contribution in [3.63, 3.8) is 0 Å². The van der Waals surface area contributed by atoms with Crippen LogP contribution in [-0.4, -0.2) is 25.5 Å². The number of rotatable bonds is 3. The number of carbonyl (C=O) groups is 1. The van der Waals surface area contributed by atoms with Crippen molar-refractivity contribution >= 4 is 17.4 Å². The molecule has 2 heterocycles. The zero-order chi connectivity index (χ0) is 14.2. The summed E-state index contributed by atoms with van der Waals surface area (Å²) in [5.74, 6) is 0.265. The molecular weight excluding hydrogens is 244 g/mol. The van der Waals surface area contributed by atoms with Crippen LogP contribution in [0.5, 0.6) is 0 Å². The molecule has 2 aromatic rings. The van der Waals surface area contributed by atoms with Crippen molar-refractivity contribution in [1.29, 1.82) is 0 Å². The Bertz CT molecular complexity index is 624. The van der Waals surface area contributed by atoms with E-state index in [0.29, 0.717) is 29.4 Å². The molecule has 0 aliphatic heterocycles.